The first-order valence-corrected chi connectivity index (χ1v) is 9.10. The molecule has 2 saturated heterocycles. The van der Waals surface area contributed by atoms with E-state index in [0.29, 0.717) is 24.7 Å². The minimum Gasteiger partial charge on any atom is -0.342 e. The topological polar surface area (TPSA) is 53.5 Å². The van der Waals surface area contributed by atoms with Gasteiger partial charge in [0.25, 0.3) is 5.91 Å². The molecule has 5 nitrogen and oxygen atoms in total. The molecular formula is C19H25N3O2. The predicted octanol–water partition coefficient (Wildman–Crippen LogP) is 2.25. The van der Waals surface area contributed by atoms with E-state index in [1.807, 2.05) is 24.0 Å². The molecule has 0 unspecified atom stereocenters. The molecule has 0 N–H and O–H groups in total. The van der Waals surface area contributed by atoms with Crippen molar-refractivity contribution < 1.29 is 9.59 Å². The van der Waals surface area contributed by atoms with Crippen LogP contribution < -0.4 is 0 Å². The maximum absolute atomic E-state index is 12.8. The lowest BCUT2D eigenvalue weighted by Gasteiger charge is -2.37. The quantitative estimate of drug-likeness (QED) is 0.856. The van der Waals surface area contributed by atoms with E-state index in [2.05, 4.69) is 9.88 Å². The van der Waals surface area contributed by atoms with Crippen molar-refractivity contribution in [3.05, 3.63) is 29.6 Å². The van der Waals surface area contributed by atoms with Gasteiger partial charge in [0.15, 0.2) is 0 Å². The average molecular weight is 327 g/mol. The minimum absolute atomic E-state index is 0.00571. The Balaban J connectivity index is 1.39. The van der Waals surface area contributed by atoms with Crippen LogP contribution in [0.4, 0.5) is 0 Å². The first kappa shape index (κ1) is 15.6. The van der Waals surface area contributed by atoms with Gasteiger partial charge in [0.2, 0.25) is 5.91 Å². The van der Waals surface area contributed by atoms with Crippen LogP contribution in [0.1, 0.15) is 48.3 Å². The summed E-state index contributed by atoms with van der Waals surface area (Å²) in [5, 5.41) is 0. The molecule has 0 atom stereocenters. The highest BCUT2D eigenvalue weighted by Crippen LogP contribution is 2.43. The van der Waals surface area contributed by atoms with Crippen LogP contribution in [0.25, 0.3) is 0 Å². The van der Waals surface area contributed by atoms with Crippen LogP contribution in [-0.4, -0.2) is 52.8 Å². The second-order valence-electron chi connectivity index (χ2n) is 7.68. The Kier molecular flexibility index (Phi) is 3.82. The van der Waals surface area contributed by atoms with Gasteiger partial charge in [-0.05, 0) is 57.1 Å². The summed E-state index contributed by atoms with van der Waals surface area (Å²) in [6, 6.07) is 5.54. The lowest BCUT2D eigenvalue weighted by Crippen LogP contribution is -2.47. The first-order valence-electron chi connectivity index (χ1n) is 9.10. The number of nitrogens with zero attached hydrogens (tertiary/aromatic N) is 3. The summed E-state index contributed by atoms with van der Waals surface area (Å²) in [5.74, 6) is 1.09. The van der Waals surface area contributed by atoms with Crippen molar-refractivity contribution in [2.75, 3.05) is 26.2 Å². The second-order valence-corrected chi connectivity index (χ2v) is 7.68. The van der Waals surface area contributed by atoms with E-state index in [0.717, 1.165) is 44.0 Å². The Labute approximate surface area is 143 Å². The fourth-order valence-corrected chi connectivity index (χ4v) is 4.11. The van der Waals surface area contributed by atoms with Crippen molar-refractivity contribution in [2.24, 2.45) is 11.3 Å². The predicted molar refractivity (Wildman–Crippen MR) is 90.5 cm³/mol. The van der Waals surface area contributed by atoms with Crippen molar-refractivity contribution in [1.29, 1.82) is 0 Å². The van der Waals surface area contributed by atoms with Crippen LogP contribution in [-0.2, 0) is 4.79 Å². The van der Waals surface area contributed by atoms with Gasteiger partial charge in [-0.2, -0.15) is 0 Å². The lowest BCUT2D eigenvalue weighted by molar-refractivity contribution is -0.138. The van der Waals surface area contributed by atoms with Gasteiger partial charge in [-0.25, -0.2) is 4.98 Å². The minimum atomic E-state index is -0.203. The molecule has 1 aliphatic carbocycles. The normalized spacial score (nSPS) is 23.1. The second kappa shape index (κ2) is 5.87. The first-order chi connectivity index (χ1) is 11.6. The van der Waals surface area contributed by atoms with E-state index in [1.165, 1.54) is 12.8 Å². The summed E-state index contributed by atoms with van der Waals surface area (Å²) in [7, 11) is 0. The molecule has 5 heteroatoms. The standard InChI is InChI=1S/C19H25N3O2/c1-14-3-2-4-16(20-14)17(23)21-10-7-19(8-11-21)9-12-22(18(19)24)13-15-5-6-15/h2-4,15H,5-13H2,1H3. The van der Waals surface area contributed by atoms with Gasteiger partial charge >= 0.3 is 0 Å². The largest absolute Gasteiger partial charge is 0.342 e. The molecule has 1 saturated carbocycles. The third kappa shape index (κ3) is 2.80. The molecule has 24 heavy (non-hydrogen) atoms. The summed E-state index contributed by atoms with van der Waals surface area (Å²) < 4.78 is 0. The zero-order valence-corrected chi connectivity index (χ0v) is 14.3. The van der Waals surface area contributed by atoms with E-state index in [1.54, 1.807) is 6.07 Å². The van der Waals surface area contributed by atoms with E-state index >= 15 is 0 Å². The van der Waals surface area contributed by atoms with Crippen molar-refractivity contribution in [3.63, 3.8) is 0 Å². The van der Waals surface area contributed by atoms with Gasteiger partial charge in [0, 0.05) is 31.9 Å². The van der Waals surface area contributed by atoms with Crippen molar-refractivity contribution >= 4 is 11.8 Å². The number of rotatable bonds is 3. The smallest absolute Gasteiger partial charge is 0.272 e. The van der Waals surface area contributed by atoms with E-state index in [4.69, 9.17) is 0 Å². The van der Waals surface area contributed by atoms with Gasteiger partial charge in [-0.15, -0.1) is 0 Å². The molecule has 128 valence electrons. The third-order valence-corrected chi connectivity index (χ3v) is 5.89. The van der Waals surface area contributed by atoms with Crippen LogP contribution in [0.15, 0.2) is 18.2 Å². The molecule has 1 spiro atoms. The summed E-state index contributed by atoms with van der Waals surface area (Å²) >= 11 is 0. The number of hydrogen-bond acceptors (Lipinski definition) is 3. The zero-order chi connectivity index (χ0) is 16.7. The number of likely N-dealkylation sites (tertiary alicyclic amines) is 2. The fraction of sp³-hybridized carbons (Fsp3) is 0.632. The summed E-state index contributed by atoms with van der Waals surface area (Å²) in [4.78, 5) is 33.8. The molecule has 0 radical (unpaired) electrons. The SMILES string of the molecule is Cc1cccc(C(=O)N2CCC3(CC2)CCN(CC2CC2)C3=O)n1. The summed E-state index contributed by atoms with van der Waals surface area (Å²) in [6.07, 6.45) is 5.11. The van der Waals surface area contributed by atoms with Gasteiger partial charge in [0.1, 0.15) is 5.69 Å². The van der Waals surface area contributed by atoms with Crippen molar-refractivity contribution in [2.45, 2.75) is 39.0 Å². The van der Waals surface area contributed by atoms with Crippen LogP contribution in [0, 0.1) is 18.3 Å². The number of carbonyl (C=O) groups excluding carboxylic acids is 2. The van der Waals surface area contributed by atoms with Crippen LogP contribution in [0.3, 0.4) is 0 Å². The Hall–Kier alpha value is -1.91. The molecule has 2 aliphatic heterocycles. The summed E-state index contributed by atoms with van der Waals surface area (Å²) in [6.45, 7) is 5.09. The molecule has 3 aliphatic rings. The Morgan fingerprint density at radius 1 is 1.21 bits per heavy atom. The van der Waals surface area contributed by atoms with Gasteiger partial charge in [-0.3, -0.25) is 9.59 Å². The number of amides is 2. The number of pyridine rings is 1. The molecule has 3 fully saturated rings. The third-order valence-electron chi connectivity index (χ3n) is 5.89. The molecule has 1 aromatic rings. The molecule has 0 aromatic carbocycles. The van der Waals surface area contributed by atoms with Crippen molar-refractivity contribution in [1.82, 2.24) is 14.8 Å². The number of carbonyl (C=O) groups is 2. The number of piperidine rings is 1. The van der Waals surface area contributed by atoms with Gasteiger partial charge in [0.05, 0.1) is 5.41 Å². The van der Waals surface area contributed by atoms with Gasteiger partial charge < -0.3 is 9.80 Å². The molecule has 0 bridgehead atoms. The molecule has 2 amide bonds. The lowest BCUT2D eigenvalue weighted by atomic mass is 9.77. The molecule has 3 heterocycles. The van der Waals surface area contributed by atoms with Crippen molar-refractivity contribution in [3.8, 4) is 0 Å². The number of aryl methyl sites for hydroxylation is 1. The average Bonchev–Trinajstić information content (AvgIpc) is 3.37. The maximum Gasteiger partial charge on any atom is 0.272 e. The highest BCUT2D eigenvalue weighted by Gasteiger charge is 2.49. The zero-order valence-electron chi connectivity index (χ0n) is 14.3. The van der Waals surface area contributed by atoms with E-state index < -0.39 is 0 Å². The van der Waals surface area contributed by atoms with E-state index in [-0.39, 0.29) is 11.3 Å². The van der Waals surface area contributed by atoms with Crippen LogP contribution >= 0.6 is 0 Å². The Bertz CT molecular complexity index is 660. The molecule has 4 rings (SSSR count). The maximum atomic E-state index is 12.8. The molecular weight excluding hydrogens is 302 g/mol. The number of hydrogen-bond donors (Lipinski definition) is 0. The molecule has 1 aromatic heterocycles. The Morgan fingerprint density at radius 3 is 2.58 bits per heavy atom. The highest BCUT2D eigenvalue weighted by atomic mass is 16.2. The highest BCUT2D eigenvalue weighted by molar-refractivity contribution is 5.93. The fourth-order valence-electron chi connectivity index (χ4n) is 4.11. The van der Waals surface area contributed by atoms with Gasteiger partial charge in [-0.1, -0.05) is 6.07 Å². The summed E-state index contributed by atoms with van der Waals surface area (Å²) in [5.41, 5.74) is 1.17. The van der Waals surface area contributed by atoms with Crippen LogP contribution in [0.2, 0.25) is 0 Å². The van der Waals surface area contributed by atoms with E-state index in [9.17, 15) is 9.59 Å². The Morgan fingerprint density at radius 2 is 1.92 bits per heavy atom. The number of aromatic nitrogens is 1. The monoisotopic (exact) mass is 327 g/mol. The van der Waals surface area contributed by atoms with Crippen LogP contribution in [0.5, 0.6) is 0 Å².